The number of ether oxygens (including phenoxy) is 1. The van der Waals surface area contributed by atoms with Crippen LogP contribution in [0.5, 0.6) is 6.01 Å². The second-order valence-corrected chi connectivity index (χ2v) is 12.8. The van der Waals surface area contributed by atoms with Crippen molar-refractivity contribution in [3.8, 4) is 29.6 Å². The van der Waals surface area contributed by atoms with Crippen LogP contribution in [0.15, 0.2) is 36.5 Å². The Bertz CT molecular complexity index is 1800. The van der Waals surface area contributed by atoms with Crippen LogP contribution < -0.4 is 9.64 Å². The van der Waals surface area contributed by atoms with Gasteiger partial charge in [-0.2, -0.15) is 9.97 Å². The number of alkyl halides is 1. The molecule has 0 spiro atoms. The average Bonchev–Trinajstić information content (AvgIpc) is 3.66. The first-order valence-electron chi connectivity index (χ1n) is 15.2. The second-order valence-electron chi connectivity index (χ2n) is 12.8. The Labute approximate surface area is 248 Å². The third-order valence-electron chi connectivity index (χ3n) is 10.2. The predicted molar refractivity (Wildman–Crippen MR) is 160 cm³/mol. The molecule has 2 aromatic carbocycles. The summed E-state index contributed by atoms with van der Waals surface area (Å²) in [5.41, 5.74) is 0.195. The van der Waals surface area contributed by atoms with Crippen molar-refractivity contribution in [1.82, 2.24) is 19.9 Å². The standard InChI is InChI=1S/C34H32F3N5O/c1-2-24-27(36)10-9-22-5-3-6-25(28(22)24)30-29(37)31-26(15-38-30)32(41-16-20-7-8-21(13-20)17-41)40-33(39-31)43-19-34-11-4-12-42(34)18-23(35)14-34/h1,3,5-6,9-10,15,20-21,23H,4,7-8,11-14,16-19H2/t20?,21?,23-,34+/m1/s1. The molecule has 43 heavy (non-hydrogen) atoms. The van der Waals surface area contributed by atoms with Crippen LogP contribution >= 0.6 is 0 Å². The normalized spacial score (nSPS) is 26.7. The van der Waals surface area contributed by atoms with Gasteiger partial charge >= 0.3 is 6.01 Å². The number of benzene rings is 2. The van der Waals surface area contributed by atoms with Gasteiger partial charge in [0.1, 0.15) is 35.6 Å². The fraction of sp³-hybridized carbons (Fsp3) is 0.441. The van der Waals surface area contributed by atoms with E-state index in [9.17, 15) is 8.78 Å². The lowest BCUT2D eigenvalue weighted by Gasteiger charge is -2.34. The van der Waals surface area contributed by atoms with Gasteiger partial charge in [0.25, 0.3) is 0 Å². The minimum absolute atomic E-state index is 0.0335. The van der Waals surface area contributed by atoms with Crippen LogP contribution in [0.25, 0.3) is 32.9 Å². The van der Waals surface area contributed by atoms with Gasteiger partial charge in [0.2, 0.25) is 0 Å². The number of pyridine rings is 1. The Morgan fingerprint density at radius 2 is 1.91 bits per heavy atom. The number of rotatable bonds is 5. The lowest BCUT2D eigenvalue weighted by atomic mass is 9.95. The molecule has 3 aliphatic heterocycles. The molecule has 8 rings (SSSR count). The summed E-state index contributed by atoms with van der Waals surface area (Å²) >= 11 is 0. The smallest absolute Gasteiger partial charge is 0.319 e. The first kappa shape index (κ1) is 26.7. The summed E-state index contributed by atoms with van der Waals surface area (Å²) in [4.78, 5) is 18.4. The van der Waals surface area contributed by atoms with E-state index in [1.807, 2.05) is 6.07 Å². The molecule has 4 fully saturated rings. The highest BCUT2D eigenvalue weighted by Gasteiger charge is 2.49. The molecule has 1 saturated carbocycles. The van der Waals surface area contributed by atoms with Crippen LogP contribution in [-0.2, 0) is 0 Å². The Hall–Kier alpha value is -3.90. The molecule has 0 radical (unpaired) electrons. The zero-order chi connectivity index (χ0) is 29.3. The highest BCUT2D eigenvalue weighted by atomic mass is 19.1. The molecular weight excluding hydrogens is 551 g/mol. The summed E-state index contributed by atoms with van der Waals surface area (Å²) in [7, 11) is 0. The van der Waals surface area contributed by atoms with Crippen molar-refractivity contribution in [2.45, 2.75) is 50.2 Å². The van der Waals surface area contributed by atoms with Crippen molar-refractivity contribution in [2.75, 3.05) is 37.7 Å². The molecule has 1 aliphatic carbocycles. The van der Waals surface area contributed by atoms with Gasteiger partial charge in [0.15, 0.2) is 5.82 Å². The van der Waals surface area contributed by atoms with Crippen LogP contribution in [0.1, 0.15) is 44.1 Å². The zero-order valence-corrected chi connectivity index (χ0v) is 23.8. The number of hydrogen-bond donors (Lipinski definition) is 0. The molecule has 5 heterocycles. The SMILES string of the molecule is C#Cc1c(F)ccc2cccc(-c3ncc4c(N5CC6CCC(C6)C5)nc(OC[C@@]56CCCN5C[C@H](F)C6)nc4c3F)c12. The minimum Gasteiger partial charge on any atom is -0.461 e. The maximum Gasteiger partial charge on any atom is 0.319 e. The van der Waals surface area contributed by atoms with Crippen LogP contribution in [-0.4, -0.2) is 64.3 Å². The largest absolute Gasteiger partial charge is 0.461 e. The molecule has 4 aromatic rings. The van der Waals surface area contributed by atoms with Gasteiger partial charge in [-0.1, -0.05) is 30.2 Å². The van der Waals surface area contributed by atoms with E-state index in [1.54, 1.807) is 24.4 Å². The zero-order valence-electron chi connectivity index (χ0n) is 23.8. The summed E-state index contributed by atoms with van der Waals surface area (Å²) < 4.78 is 52.1. The van der Waals surface area contributed by atoms with Gasteiger partial charge < -0.3 is 9.64 Å². The number of anilines is 1. The van der Waals surface area contributed by atoms with E-state index in [0.29, 0.717) is 52.3 Å². The van der Waals surface area contributed by atoms with Crippen molar-refractivity contribution in [1.29, 1.82) is 0 Å². The third-order valence-corrected chi connectivity index (χ3v) is 10.2. The number of hydrogen-bond acceptors (Lipinski definition) is 6. The van der Waals surface area contributed by atoms with E-state index < -0.39 is 17.8 Å². The molecule has 0 N–H and O–H groups in total. The number of aromatic nitrogens is 3. The van der Waals surface area contributed by atoms with Crippen LogP contribution in [0.2, 0.25) is 0 Å². The Balaban J connectivity index is 1.26. The summed E-state index contributed by atoms with van der Waals surface area (Å²) in [6.07, 6.45) is 12.3. The highest BCUT2D eigenvalue weighted by Crippen LogP contribution is 2.43. The van der Waals surface area contributed by atoms with Crippen LogP contribution in [0.3, 0.4) is 0 Å². The maximum atomic E-state index is 16.7. The summed E-state index contributed by atoms with van der Waals surface area (Å²) in [6, 6.07) is 8.31. The average molecular weight is 584 g/mol. The fourth-order valence-corrected chi connectivity index (χ4v) is 8.24. The molecule has 3 saturated heterocycles. The molecule has 9 heteroatoms. The summed E-state index contributed by atoms with van der Waals surface area (Å²) in [6.45, 7) is 3.18. The number of nitrogens with zero attached hydrogens (tertiary/aromatic N) is 5. The number of fused-ring (bicyclic) bond motifs is 5. The molecule has 4 atom stereocenters. The lowest BCUT2D eigenvalue weighted by molar-refractivity contribution is 0.107. The van der Waals surface area contributed by atoms with Gasteiger partial charge in [-0.05, 0) is 61.9 Å². The quantitative estimate of drug-likeness (QED) is 0.257. The monoisotopic (exact) mass is 583 g/mol. The fourth-order valence-electron chi connectivity index (χ4n) is 8.24. The number of halogens is 3. The van der Waals surface area contributed by atoms with Gasteiger partial charge in [-0.25, -0.2) is 13.2 Å². The first-order chi connectivity index (χ1) is 20.9. The predicted octanol–water partition coefficient (Wildman–Crippen LogP) is 6.30. The van der Waals surface area contributed by atoms with Crippen LogP contribution in [0.4, 0.5) is 19.0 Å². The molecule has 2 aromatic heterocycles. The molecule has 4 aliphatic rings. The van der Waals surface area contributed by atoms with E-state index in [0.717, 1.165) is 32.5 Å². The van der Waals surface area contributed by atoms with E-state index in [1.165, 1.54) is 25.3 Å². The molecule has 2 bridgehead atoms. The van der Waals surface area contributed by atoms with Gasteiger partial charge in [-0.15, -0.1) is 6.42 Å². The first-order valence-corrected chi connectivity index (χ1v) is 15.2. The minimum atomic E-state index is -0.884. The van der Waals surface area contributed by atoms with Crippen molar-refractivity contribution in [2.24, 2.45) is 11.8 Å². The van der Waals surface area contributed by atoms with Crippen molar-refractivity contribution in [3.05, 3.63) is 53.7 Å². The Morgan fingerprint density at radius 3 is 2.72 bits per heavy atom. The van der Waals surface area contributed by atoms with E-state index in [4.69, 9.17) is 16.1 Å². The molecule has 220 valence electrons. The number of piperidine rings is 1. The van der Waals surface area contributed by atoms with E-state index in [-0.39, 0.29) is 34.9 Å². The van der Waals surface area contributed by atoms with Crippen molar-refractivity contribution < 1.29 is 17.9 Å². The second kappa shape index (κ2) is 10.1. The Kier molecular flexibility index (Phi) is 6.27. The van der Waals surface area contributed by atoms with Crippen molar-refractivity contribution in [3.63, 3.8) is 0 Å². The number of terminal acetylenes is 1. The molecule has 2 unspecified atom stereocenters. The van der Waals surface area contributed by atoms with E-state index in [2.05, 4.69) is 25.7 Å². The third kappa shape index (κ3) is 4.33. The van der Waals surface area contributed by atoms with Gasteiger partial charge in [-0.3, -0.25) is 9.88 Å². The van der Waals surface area contributed by atoms with Gasteiger partial charge in [0, 0.05) is 43.2 Å². The molecule has 6 nitrogen and oxygen atoms in total. The van der Waals surface area contributed by atoms with Crippen molar-refractivity contribution >= 4 is 27.5 Å². The van der Waals surface area contributed by atoms with Gasteiger partial charge in [0.05, 0.1) is 16.5 Å². The lowest BCUT2D eigenvalue weighted by Crippen LogP contribution is -2.43. The van der Waals surface area contributed by atoms with E-state index >= 15 is 4.39 Å². The molecular formula is C34H32F3N5O. The summed E-state index contributed by atoms with van der Waals surface area (Å²) in [5, 5.41) is 1.62. The molecule has 0 amide bonds. The van der Waals surface area contributed by atoms with Crippen LogP contribution in [0, 0.1) is 35.8 Å². The summed E-state index contributed by atoms with van der Waals surface area (Å²) in [5.74, 6) is 3.00. The topological polar surface area (TPSA) is 54.4 Å². The Morgan fingerprint density at radius 1 is 1.07 bits per heavy atom. The highest BCUT2D eigenvalue weighted by molar-refractivity contribution is 6.02. The maximum absolute atomic E-state index is 16.7.